The largest absolute Gasteiger partial charge is 0.356 e. The van der Waals surface area contributed by atoms with Gasteiger partial charge in [-0.05, 0) is 19.1 Å². The fraction of sp³-hybridized carbons (Fsp3) is 0.273. The third-order valence-electron chi connectivity index (χ3n) is 2.11. The second-order valence-corrected chi connectivity index (χ2v) is 3.23. The van der Waals surface area contributed by atoms with Gasteiger partial charge in [-0.3, -0.25) is 4.98 Å². The molecule has 0 amide bonds. The van der Waals surface area contributed by atoms with Gasteiger partial charge in [0.1, 0.15) is 0 Å². The van der Waals surface area contributed by atoms with Crippen LogP contribution in [0.2, 0.25) is 0 Å². The predicted molar refractivity (Wildman–Crippen MR) is 59.7 cm³/mol. The van der Waals surface area contributed by atoms with Crippen LogP contribution in [0.3, 0.4) is 0 Å². The third kappa shape index (κ3) is 2.34. The Labute approximate surface area is 89.0 Å². The van der Waals surface area contributed by atoms with Crippen molar-refractivity contribution in [1.82, 2.24) is 14.5 Å². The number of aromatic nitrogens is 3. The average molecular weight is 202 g/mol. The third-order valence-corrected chi connectivity index (χ3v) is 2.11. The second-order valence-electron chi connectivity index (χ2n) is 3.23. The van der Waals surface area contributed by atoms with E-state index in [1.165, 1.54) is 0 Å². The molecule has 0 aliphatic rings. The monoisotopic (exact) mass is 202 g/mol. The molecule has 2 heterocycles. The van der Waals surface area contributed by atoms with Crippen LogP contribution in [0.25, 0.3) is 0 Å². The number of hydrogen-bond acceptors (Lipinski definition) is 3. The first-order valence-electron chi connectivity index (χ1n) is 5.05. The first kappa shape index (κ1) is 9.71. The summed E-state index contributed by atoms with van der Waals surface area (Å²) in [6.45, 7) is 3.68. The maximum Gasteiger partial charge on any atom is 0.203 e. The van der Waals surface area contributed by atoms with Crippen molar-refractivity contribution in [3.63, 3.8) is 0 Å². The van der Waals surface area contributed by atoms with Gasteiger partial charge in [-0.25, -0.2) is 4.98 Å². The molecule has 2 aromatic heterocycles. The van der Waals surface area contributed by atoms with E-state index in [9.17, 15) is 0 Å². The van der Waals surface area contributed by atoms with Gasteiger partial charge in [0.2, 0.25) is 5.95 Å². The Balaban J connectivity index is 2.14. The lowest BCUT2D eigenvalue weighted by Gasteiger charge is -2.07. The van der Waals surface area contributed by atoms with Crippen molar-refractivity contribution in [3.05, 3.63) is 42.5 Å². The van der Waals surface area contributed by atoms with Gasteiger partial charge in [-0.15, -0.1) is 0 Å². The van der Waals surface area contributed by atoms with Crippen LogP contribution in [0.15, 0.2) is 36.8 Å². The van der Waals surface area contributed by atoms with Crippen LogP contribution in [0.5, 0.6) is 0 Å². The molecule has 0 radical (unpaired) electrons. The summed E-state index contributed by atoms with van der Waals surface area (Å²) in [5.41, 5.74) is 1.04. The Kier molecular flexibility index (Phi) is 2.97. The van der Waals surface area contributed by atoms with E-state index in [0.717, 1.165) is 24.7 Å². The van der Waals surface area contributed by atoms with E-state index >= 15 is 0 Å². The molecule has 0 saturated carbocycles. The minimum absolute atomic E-state index is 0.753. The van der Waals surface area contributed by atoms with Crippen molar-refractivity contribution in [2.45, 2.75) is 13.5 Å². The van der Waals surface area contributed by atoms with Gasteiger partial charge in [-0.1, -0.05) is 6.07 Å². The van der Waals surface area contributed by atoms with Crippen LogP contribution in [-0.2, 0) is 6.54 Å². The number of pyridine rings is 1. The fourth-order valence-electron chi connectivity index (χ4n) is 1.43. The Bertz CT molecular complexity index is 408. The zero-order chi connectivity index (χ0) is 10.5. The molecule has 4 heteroatoms. The quantitative estimate of drug-likeness (QED) is 0.821. The maximum absolute atomic E-state index is 4.28. The molecule has 0 fully saturated rings. The van der Waals surface area contributed by atoms with Gasteiger partial charge in [0, 0.05) is 25.1 Å². The number of nitrogens with zero attached hydrogens (tertiary/aromatic N) is 3. The molecule has 15 heavy (non-hydrogen) atoms. The average Bonchev–Trinajstić information content (AvgIpc) is 2.68. The molecular formula is C11H14N4. The summed E-state index contributed by atoms with van der Waals surface area (Å²) in [6.07, 6.45) is 5.55. The van der Waals surface area contributed by atoms with Gasteiger partial charge >= 0.3 is 0 Å². The highest BCUT2D eigenvalue weighted by atomic mass is 15.2. The van der Waals surface area contributed by atoms with Gasteiger partial charge in [-0.2, -0.15) is 0 Å². The minimum Gasteiger partial charge on any atom is -0.356 e. The molecule has 4 nitrogen and oxygen atoms in total. The normalized spacial score (nSPS) is 10.2. The van der Waals surface area contributed by atoms with Gasteiger partial charge < -0.3 is 9.88 Å². The van der Waals surface area contributed by atoms with Gasteiger partial charge in [0.25, 0.3) is 0 Å². The zero-order valence-electron chi connectivity index (χ0n) is 8.72. The molecule has 0 spiro atoms. The molecular weight excluding hydrogens is 188 g/mol. The highest BCUT2D eigenvalue weighted by Gasteiger charge is 2.01. The lowest BCUT2D eigenvalue weighted by molar-refractivity contribution is 0.776. The SMILES string of the molecule is CCNc1nccn1Cc1ccccn1. The summed E-state index contributed by atoms with van der Waals surface area (Å²) < 4.78 is 2.05. The number of anilines is 1. The zero-order valence-corrected chi connectivity index (χ0v) is 8.72. The summed E-state index contributed by atoms with van der Waals surface area (Å²) in [5.74, 6) is 0.892. The predicted octanol–water partition coefficient (Wildman–Crippen LogP) is 1.76. The van der Waals surface area contributed by atoms with Crippen molar-refractivity contribution >= 4 is 5.95 Å². The summed E-state index contributed by atoms with van der Waals surface area (Å²) in [5, 5.41) is 3.20. The second kappa shape index (κ2) is 4.59. The van der Waals surface area contributed by atoms with Crippen molar-refractivity contribution < 1.29 is 0 Å². The number of rotatable bonds is 4. The van der Waals surface area contributed by atoms with E-state index in [2.05, 4.69) is 22.2 Å². The summed E-state index contributed by atoms with van der Waals surface area (Å²) in [4.78, 5) is 8.50. The van der Waals surface area contributed by atoms with Crippen LogP contribution in [0, 0.1) is 0 Å². The van der Waals surface area contributed by atoms with E-state index in [1.807, 2.05) is 29.0 Å². The molecule has 0 atom stereocenters. The topological polar surface area (TPSA) is 42.7 Å². The lowest BCUT2D eigenvalue weighted by atomic mass is 10.3. The number of imidazole rings is 1. The molecule has 0 aliphatic carbocycles. The molecule has 2 rings (SSSR count). The first-order valence-corrected chi connectivity index (χ1v) is 5.05. The van der Waals surface area contributed by atoms with E-state index in [-0.39, 0.29) is 0 Å². The highest BCUT2D eigenvalue weighted by molar-refractivity contribution is 5.26. The standard InChI is InChI=1S/C11H14N4/c1-2-12-11-14-7-8-15(11)9-10-5-3-4-6-13-10/h3-8H,2,9H2,1H3,(H,12,14). The van der Waals surface area contributed by atoms with E-state index in [0.29, 0.717) is 0 Å². The first-order chi connectivity index (χ1) is 7.40. The van der Waals surface area contributed by atoms with E-state index < -0.39 is 0 Å². The van der Waals surface area contributed by atoms with Gasteiger partial charge in [0.05, 0.1) is 12.2 Å². The lowest BCUT2D eigenvalue weighted by Crippen LogP contribution is -2.07. The molecule has 78 valence electrons. The molecule has 0 bridgehead atoms. The van der Waals surface area contributed by atoms with Crippen molar-refractivity contribution in [1.29, 1.82) is 0 Å². The molecule has 0 saturated heterocycles. The highest BCUT2D eigenvalue weighted by Crippen LogP contribution is 2.06. The van der Waals surface area contributed by atoms with Gasteiger partial charge in [0.15, 0.2) is 0 Å². The Morgan fingerprint density at radius 2 is 2.20 bits per heavy atom. The van der Waals surface area contributed by atoms with Crippen LogP contribution in [0.4, 0.5) is 5.95 Å². The molecule has 0 aliphatic heterocycles. The van der Waals surface area contributed by atoms with Crippen molar-refractivity contribution in [3.8, 4) is 0 Å². The summed E-state index contributed by atoms with van der Waals surface area (Å²) in [6, 6.07) is 5.92. The minimum atomic E-state index is 0.753. The van der Waals surface area contributed by atoms with Crippen LogP contribution in [-0.4, -0.2) is 21.1 Å². The smallest absolute Gasteiger partial charge is 0.203 e. The number of nitrogens with one attached hydrogen (secondary N) is 1. The molecule has 1 N–H and O–H groups in total. The van der Waals surface area contributed by atoms with E-state index in [4.69, 9.17) is 0 Å². The van der Waals surface area contributed by atoms with Crippen LogP contribution < -0.4 is 5.32 Å². The van der Waals surface area contributed by atoms with Crippen molar-refractivity contribution in [2.24, 2.45) is 0 Å². The molecule has 0 unspecified atom stereocenters. The van der Waals surface area contributed by atoms with E-state index in [1.54, 1.807) is 12.4 Å². The summed E-state index contributed by atoms with van der Waals surface area (Å²) in [7, 11) is 0. The Morgan fingerprint density at radius 3 is 2.93 bits per heavy atom. The number of hydrogen-bond donors (Lipinski definition) is 1. The van der Waals surface area contributed by atoms with Crippen molar-refractivity contribution in [2.75, 3.05) is 11.9 Å². The maximum atomic E-state index is 4.28. The Hall–Kier alpha value is -1.84. The summed E-state index contributed by atoms with van der Waals surface area (Å²) >= 11 is 0. The fourth-order valence-corrected chi connectivity index (χ4v) is 1.43. The molecule has 0 aromatic carbocycles. The molecule has 2 aromatic rings. The van der Waals surface area contributed by atoms with Crippen LogP contribution in [0.1, 0.15) is 12.6 Å². The Morgan fingerprint density at radius 1 is 1.27 bits per heavy atom. The van der Waals surface area contributed by atoms with Crippen LogP contribution >= 0.6 is 0 Å².